The number of urea groups is 1. The Bertz CT molecular complexity index is 437. The molecule has 4 nitrogen and oxygen atoms in total. The Morgan fingerprint density at radius 2 is 1.95 bits per heavy atom. The zero-order chi connectivity index (χ0) is 14.5. The second-order valence-corrected chi connectivity index (χ2v) is 3.71. The highest BCUT2D eigenvalue weighted by Gasteiger charge is 2.37. The Balaban J connectivity index is 2.35. The minimum atomic E-state index is -4.72. The van der Waals surface area contributed by atoms with Crippen LogP contribution >= 0.6 is 0 Å². The fourth-order valence-corrected chi connectivity index (χ4v) is 1.22. The summed E-state index contributed by atoms with van der Waals surface area (Å²) in [4.78, 5) is 11.2. The lowest BCUT2D eigenvalue weighted by atomic mass is 10.2. The van der Waals surface area contributed by atoms with Crippen LogP contribution in [0.1, 0.15) is 6.42 Å². The fraction of sp³-hybridized carbons (Fsp3) is 0.364. The van der Waals surface area contributed by atoms with Crippen LogP contribution in [0.2, 0.25) is 0 Å². The molecule has 0 fully saturated rings. The number of para-hydroxylation sites is 1. The first-order valence-electron chi connectivity index (χ1n) is 5.35. The maximum atomic E-state index is 13.1. The van der Waals surface area contributed by atoms with Gasteiger partial charge in [0.2, 0.25) is 0 Å². The monoisotopic (exact) mass is 280 g/mol. The highest BCUT2D eigenvalue weighted by atomic mass is 19.4. The van der Waals surface area contributed by atoms with Gasteiger partial charge in [-0.25, -0.2) is 9.18 Å². The van der Waals surface area contributed by atoms with Crippen LogP contribution in [-0.2, 0) is 0 Å². The molecule has 0 aliphatic carbocycles. The van der Waals surface area contributed by atoms with Crippen LogP contribution in [0.25, 0.3) is 0 Å². The molecule has 0 aromatic heterocycles. The van der Waals surface area contributed by atoms with Gasteiger partial charge in [-0.15, -0.1) is 0 Å². The van der Waals surface area contributed by atoms with Crippen molar-refractivity contribution in [2.24, 2.45) is 0 Å². The SMILES string of the molecule is O=C(NCC[C@H](O)C(F)(F)F)Nc1ccccc1F. The molecule has 0 radical (unpaired) electrons. The number of aliphatic hydroxyl groups is 1. The van der Waals surface area contributed by atoms with E-state index in [1.165, 1.54) is 18.2 Å². The van der Waals surface area contributed by atoms with Crippen LogP contribution in [0.5, 0.6) is 0 Å². The lowest BCUT2D eigenvalue weighted by molar-refractivity contribution is -0.204. The van der Waals surface area contributed by atoms with E-state index < -0.39 is 30.5 Å². The smallest absolute Gasteiger partial charge is 0.384 e. The van der Waals surface area contributed by atoms with Crippen molar-refractivity contribution in [1.29, 1.82) is 0 Å². The minimum absolute atomic E-state index is 0.0867. The van der Waals surface area contributed by atoms with Gasteiger partial charge in [-0.05, 0) is 18.6 Å². The molecule has 1 aromatic carbocycles. The van der Waals surface area contributed by atoms with Crippen molar-refractivity contribution in [3.63, 3.8) is 0 Å². The molecular weight excluding hydrogens is 268 g/mol. The number of rotatable bonds is 4. The molecule has 1 atom stereocenters. The van der Waals surface area contributed by atoms with Crippen LogP contribution in [-0.4, -0.2) is 30.0 Å². The summed E-state index contributed by atoms with van der Waals surface area (Å²) in [6, 6.07) is 4.51. The van der Waals surface area contributed by atoms with E-state index in [-0.39, 0.29) is 12.2 Å². The number of alkyl halides is 3. The molecule has 1 aromatic rings. The summed E-state index contributed by atoms with van der Waals surface area (Å²) in [5.41, 5.74) is -0.0867. The predicted molar refractivity (Wildman–Crippen MR) is 60.1 cm³/mol. The van der Waals surface area contributed by atoms with Gasteiger partial charge in [-0.3, -0.25) is 0 Å². The third kappa shape index (κ3) is 5.12. The number of halogens is 4. The van der Waals surface area contributed by atoms with Gasteiger partial charge >= 0.3 is 12.2 Å². The lowest BCUT2D eigenvalue weighted by Gasteiger charge is -2.14. The van der Waals surface area contributed by atoms with Crippen molar-refractivity contribution in [1.82, 2.24) is 5.32 Å². The molecular formula is C11H12F4N2O2. The van der Waals surface area contributed by atoms with Gasteiger partial charge in [0.05, 0.1) is 5.69 Å². The van der Waals surface area contributed by atoms with Crippen molar-refractivity contribution in [2.75, 3.05) is 11.9 Å². The molecule has 0 saturated heterocycles. The van der Waals surface area contributed by atoms with Crippen molar-refractivity contribution >= 4 is 11.7 Å². The maximum absolute atomic E-state index is 13.1. The molecule has 0 bridgehead atoms. The molecule has 0 aliphatic heterocycles. The Kier molecular flexibility index (Phi) is 5.11. The van der Waals surface area contributed by atoms with Gasteiger partial charge < -0.3 is 15.7 Å². The largest absolute Gasteiger partial charge is 0.414 e. The van der Waals surface area contributed by atoms with Crippen molar-refractivity contribution < 1.29 is 27.5 Å². The van der Waals surface area contributed by atoms with E-state index in [1.54, 1.807) is 0 Å². The zero-order valence-electron chi connectivity index (χ0n) is 9.67. The number of anilines is 1. The van der Waals surface area contributed by atoms with E-state index >= 15 is 0 Å². The highest BCUT2D eigenvalue weighted by Crippen LogP contribution is 2.21. The summed E-state index contributed by atoms with van der Waals surface area (Å²) in [5, 5.41) is 12.9. The average molecular weight is 280 g/mol. The number of hydrogen-bond acceptors (Lipinski definition) is 2. The van der Waals surface area contributed by atoms with E-state index in [0.29, 0.717) is 0 Å². The number of carbonyl (C=O) groups is 1. The highest BCUT2D eigenvalue weighted by molar-refractivity contribution is 5.89. The summed E-state index contributed by atoms with van der Waals surface area (Å²) in [6.45, 7) is -0.388. The average Bonchev–Trinajstić information content (AvgIpc) is 2.31. The topological polar surface area (TPSA) is 61.4 Å². The molecule has 0 spiro atoms. The van der Waals surface area contributed by atoms with Gasteiger partial charge in [-0.1, -0.05) is 12.1 Å². The fourth-order valence-electron chi connectivity index (χ4n) is 1.22. The lowest BCUT2D eigenvalue weighted by Crippen LogP contribution is -2.35. The van der Waals surface area contributed by atoms with Crippen LogP contribution in [0.15, 0.2) is 24.3 Å². The first-order chi connectivity index (χ1) is 8.80. The molecule has 0 heterocycles. The van der Waals surface area contributed by atoms with Crippen LogP contribution in [0, 0.1) is 5.82 Å². The molecule has 1 rings (SSSR count). The standard InChI is InChI=1S/C11H12F4N2O2/c12-7-3-1-2-4-8(7)17-10(19)16-6-5-9(18)11(13,14)15/h1-4,9,18H,5-6H2,(H2,16,17,19)/t9-/m0/s1. The molecule has 0 saturated carbocycles. The number of amides is 2. The first-order valence-corrected chi connectivity index (χ1v) is 5.35. The van der Waals surface area contributed by atoms with E-state index in [9.17, 15) is 22.4 Å². The summed E-state index contributed by atoms with van der Waals surface area (Å²) in [6.07, 6.45) is -7.89. The molecule has 2 amide bonds. The van der Waals surface area contributed by atoms with Crippen LogP contribution in [0.4, 0.5) is 28.0 Å². The first kappa shape index (κ1) is 15.2. The van der Waals surface area contributed by atoms with E-state index in [2.05, 4.69) is 10.6 Å². The number of hydrogen-bond donors (Lipinski definition) is 3. The van der Waals surface area contributed by atoms with Gasteiger partial charge in [-0.2, -0.15) is 13.2 Å². The molecule has 8 heteroatoms. The van der Waals surface area contributed by atoms with E-state index in [1.807, 2.05) is 0 Å². The Labute approximate surface area is 106 Å². The van der Waals surface area contributed by atoms with Gasteiger partial charge in [0.25, 0.3) is 0 Å². The molecule has 0 unspecified atom stereocenters. The summed E-state index contributed by atoms with van der Waals surface area (Å²) < 4.78 is 49.0. The second kappa shape index (κ2) is 6.37. The Hall–Kier alpha value is -1.83. The molecule has 106 valence electrons. The zero-order valence-corrected chi connectivity index (χ0v) is 9.67. The number of nitrogens with one attached hydrogen (secondary N) is 2. The van der Waals surface area contributed by atoms with Crippen LogP contribution in [0.3, 0.4) is 0 Å². The van der Waals surface area contributed by atoms with E-state index in [4.69, 9.17) is 5.11 Å². The molecule has 19 heavy (non-hydrogen) atoms. The molecule has 0 aliphatic rings. The summed E-state index contributed by atoms with van der Waals surface area (Å²) >= 11 is 0. The Morgan fingerprint density at radius 1 is 1.32 bits per heavy atom. The Morgan fingerprint density at radius 3 is 2.53 bits per heavy atom. The third-order valence-corrected chi connectivity index (χ3v) is 2.20. The molecule has 3 N–H and O–H groups in total. The summed E-state index contributed by atoms with van der Waals surface area (Å²) in [7, 11) is 0. The van der Waals surface area contributed by atoms with Crippen LogP contribution < -0.4 is 10.6 Å². The number of aliphatic hydroxyl groups excluding tert-OH is 1. The normalized spacial score (nSPS) is 12.9. The minimum Gasteiger partial charge on any atom is -0.384 e. The predicted octanol–water partition coefficient (Wildman–Crippen LogP) is 2.26. The van der Waals surface area contributed by atoms with Gasteiger partial charge in [0.1, 0.15) is 5.82 Å². The van der Waals surface area contributed by atoms with Crippen molar-refractivity contribution in [3.05, 3.63) is 30.1 Å². The number of benzene rings is 1. The number of carbonyl (C=O) groups excluding carboxylic acids is 1. The maximum Gasteiger partial charge on any atom is 0.414 e. The van der Waals surface area contributed by atoms with E-state index in [0.717, 1.165) is 6.07 Å². The van der Waals surface area contributed by atoms with Gasteiger partial charge in [0, 0.05) is 6.54 Å². The van der Waals surface area contributed by atoms with Crippen molar-refractivity contribution in [3.8, 4) is 0 Å². The summed E-state index contributed by atoms with van der Waals surface area (Å²) in [5.74, 6) is -0.659. The van der Waals surface area contributed by atoms with Gasteiger partial charge in [0.15, 0.2) is 6.10 Å². The van der Waals surface area contributed by atoms with Crippen molar-refractivity contribution in [2.45, 2.75) is 18.7 Å². The second-order valence-electron chi connectivity index (χ2n) is 3.71. The third-order valence-electron chi connectivity index (χ3n) is 2.20. The quantitative estimate of drug-likeness (QED) is 0.741.